The van der Waals surface area contributed by atoms with E-state index in [0.717, 1.165) is 0 Å². The number of fused-ring (bicyclic) bond motifs is 1. The maximum Gasteiger partial charge on any atom is 0.263 e. The molecule has 1 aromatic carbocycles. The lowest BCUT2D eigenvalue weighted by molar-refractivity contribution is 0.618. The van der Waals surface area contributed by atoms with E-state index in [2.05, 4.69) is 15.3 Å². The first-order chi connectivity index (χ1) is 14.5. The highest BCUT2D eigenvalue weighted by Gasteiger charge is 2.20. The Bertz CT molecular complexity index is 1340. The third kappa shape index (κ3) is 3.33. The van der Waals surface area contributed by atoms with Crippen molar-refractivity contribution < 1.29 is 4.39 Å². The second-order valence-electron chi connectivity index (χ2n) is 6.75. The fraction of sp³-hybridized carbons (Fsp3) is 0.0909. The smallest absolute Gasteiger partial charge is 0.263 e. The highest BCUT2D eigenvalue weighted by atomic mass is 19.1. The van der Waals surface area contributed by atoms with E-state index in [1.165, 1.54) is 23.0 Å². The number of nitrogen functional groups attached to an aromatic ring is 1. The van der Waals surface area contributed by atoms with Gasteiger partial charge in [0.05, 0.1) is 11.6 Å². The van der Waals surface area contributed by atoms with Crippen molar-refractivity contribution in [2.75, 3.05) is 11.1 Å². The Morgan fingerprint density at radius 3 is 2.70 bits per heavy atom. The van der Waals surface area contributed by atoms with Gasteiger partial charge in [-0.25, -0.2) is 14.4 Å². The minimum absolute atomic E-state index is 0.0690. The minimum atomic E-state index is -0.502. The van der Waals surface area contributed by atoms with E-state index in [1.807, 2.05) is 49.4 Å². The summed E-state index contributed by atoms with van der Waals surface area (Å²) in [6.07, 6.45) is 2.44. The number of benzene rings is 1. The first-order valence-electron chi connectivity index (χ1n) is 9.17. The summed E-state index contributed by atoms with van der Waals surface area (Å²) in [4.78, 5) is 21.3. The number of hydrogen-bond acceptors (Lipinski definition) is 6. The number of nitriles is 1. The molecule has 0 amide bonds. The van der Waals surface area contributed by atoms with Gasteiger partial charge in [-0.15, -0.1) is 0 Å². The van der Waals surface area contributed by atoms with Gasteiger partial charge in [0.2, 0.25) is 0 Å². The third-order valence-corrected chi connectivity index (χ3v) is 4.84. The summed E-state index contributed by atoms with van der Waals surface area (Å²) in [5.74, 6) is -0.159. The first-order valence-corrected chi connectivity index (χ1v) is 9.17. The van der Waals surface area contributed by atoms with Crippen molar-refractivity contribution in [3.63, 3.8) is 0 Å². The molecule has 0 aliphatic heterocycles. The summed E-state index contributed by atoms with van der Waals surface area (Å²) in [5.41, 5.74) is 7.92. The van der Waals surface area contributed by atoms with Gasteiger partial charge in [-0.05, 0) is 36.2 Å². The predicted octanol–water partition coefficient (Wildman–Crippen LogP) is 3.52. The summed E-state index contributed by atoms with van der Waals surface area (Å²) in [6.45, 7) is 1.85. The van der Waals surface area contributed by atoms with Crippen molar-refractivity contribution >= 4 is 17.2 Å². The maximum atomic E-state index is 13.8. The molecule has 1 atom stereocenters. The average molecular weight is 400 g/mol. The van der Waals surface area contributed by atoms with Gasteiger partial charge in [-0.2, -0.15) is 5.26 Å². The van der Waals surface area contributed by atoms with Gasteiger partial charge in [0.15, 0.2) is 0 Å². The van der Waals surface area contributed by atoms with E-state index >= 15 is 0 Å². The molecule has 4 aromatic rings. The molecule has 8 heteroatoms. The van der Waals surface area contributed by atoms with Crippen LogP contribution in [0.4, 0.5) is 16.0 Å². The van der Waals surface area contributed by atoms with Crippen LogP contribution in [0, 0.1) is 17.1 Å². The van der Waals surface area contributed by atoms with Gasteiger partial charge in [0.1, 0.15) is 35.4 Å². The number of anilines is 2. The predicted molar refractivity (Wildman–Crippen MR) is 112 cm³/mol. The fourth-order valence-electron chi connectivity index (χ4n) is 3.39. The molecule has 0 bridgehead atoms. The summed E-state index contributed by atoms with van der Waals surface area (Å²) in [5, 5.41) is 12.5. The molecule has 7 nitrogen and oxygen atoms in total. The zero-order valence-corrected chi connectivity index (χ0v) is 16.0. The van der Waals surface area contributed by atoms with Crippen molar-refractivity contribution in [2.45, 2.75) is 13.0 Å². The van der Waals surface area contributed by atoms with Crippen molar-refractivity contribution in [2.24, 2.45) is 0 Å². The molecule has 1 unspecified atom stereocenters. The largest absolute Gasteiger partial charge is 0.382 e. The Labute approximate surface area is 171 Å². The van der Waals surface area contributed by atoms with Crippen molar-refractivity contribution in [3.05, 3.63) is 88.4 Å². The van der Waals surface area contributed by atoms with Crippen LogP contribution >= 0.6 is 0 Å². The molecule has 0 spiro atoms. The molecule has 0 saturated heterocycles. The van der Waals surface area contributed by atoms with Crippen LogP contribution in [0.3, 0.4) is 0 Å². The molecule has 3 aromatic heterocycles. The Morgan fingerprint density at radius 1 is 1.20 bits per heavy atom. The number of hydrogen-bond donors (Lipinski definition) is 2. The molecule has 3 heterocycles. The lowest BCUT2D eigenvalue weighted by Crippen LogP contribution is -2.21. The molecular formula is C22H17FN6O. The lowest BCUT2D eigenvalue weighted by atomic mass is 9.96. The monoisotopic (exact) mass is 400 g/mol. The highest BCUT2D eigenvalue weighted by molar-refractivity contribution is 5.72. The van der Waals surface area contributed by atoms with Crippen LogP contribution in [0.5, 0.6) is 0 Å². The van der Waals surface area contributed by atoms with E-state index in [-0.39, 0.29) is 22.8 Å². The number of nitrogens with one attached hydrogen (secondary N) is 1. The number of halogens is 1. The Kier molecular flexibility index (Phi) is 4.86. The number of nitrogens with two attached hydrogens (primary N) is 1. The van der Waals surface area contributed by atoms with Gasteiger partial charge >= 0.3 is 0 Å². The van der Waals surface area contributed by atoms with E-state index < -0.39 is 11.9 Å². The van der Waals surface area contributed by atoms with Crippen LogP contribution < -0.4 is 16.6 Å². The molecule has 0 aliphatic carbocycles. The second kappa shape index (κ2) is 7.64. The summed E-state index contributed by atoms with van der Waals surface area (Å²) in [7, 11) is 0. The number of aromatic nitrogens is 3. The molecule has 4 rings (SSSR count). The number of pyridine rings is 2. The van der Waals surface area contributed by atoms with E-state index in [1.54, 1.807) is 6.07 Å². The van der Waals surface area contributed by atoms with E-state index in [4.69, 9.17) is 5.73 Å². The zero-order chi connectivity index (χ0) is 21.3. The van der Waals surface area contributed by atoms with Gasteiger partial charge in [0, 0.05) is 11.7 Å². The molecular weight excluding hydrogens is 383 g/mol. The van der Waals surface area contributed by atoms with Crippen LogP contribution in [-0.4, -0.2) is 14.4 Å². The average Bonchev–Trinajstić information content (AvgIpc) is 2.75. The summed E-state index contributed by atoms with van der Waals surface area (Å²) >= 11 is 0. The highest BCUT2D eigenvalue weighted by Crippen LogP contribution is 2.29. The summed E-state index contributed by atoms with van der Waals surface area (Å²) in [6, 6.07) is 15.4. The number of nitrogens with zero attached hydrogens (tertiary/aromatic N) is 4. The molecule has 0 fully saturated rings. The van der Waals surface area contributed by atoms with Crippen LogP contribution in [0.15, 0.2) is 65.8 Å². The van der Waals surface area contributed by atoms with E-state index in [0.29, 0.717) is 22.2 Å². The SMILES string of the molecule is CC(Nc1ncnc(N)c1C#N)c1cc2ccc(F)cn2c(=O)c1-c1ccccc1. The van der Waals surface area contributed by atoms with Crippen LogP contribution in [-0.2, 0) is 0 Å². The topological polar surface area (TPSA) is 109 Å². The lowest BCUT2D eigenvalue weighted by Gasteiger charge is -2.20. The Hall–Kier alpha value is -4.25. The molecule has 0 aliphatic rings. The Morgan fingerprint density at radius 2 is 1.97 bits per heavy atom. The van der Waals surface area contributed by atoms with Crippen LogP contribution in [0.1, 0.15) is 24.1 Å². The summed E-state index contributed by atoms with van der Waals surface area (Å²) < 4.78 is 15.1. The first kappa shape index (κ1) is 19.1. The van der Waals surface area contributed by atoms with Gasteiger partial charge in [-0.3, -0.25) is 9.20 Å². The molecule has 3 N–H and O–H groups in total. The maximum absolute atomic E-state index is 13.8. The molecule has 0 saturated carbocycles. The minimum Gasteiger partial charge on any atom is -0.382 e. The number of rotatable bonds is 4. The zero-order valence-electron chi connectivity index (χ0n) is 16.0. The second-order valence-corrected chi connectivity index (χ2v) is 6.75. The van der Waals surface area contributed by atoms with Crippen LogP contribution in [0.2, 0.25) is 0 Å². The fourth-order valence-corrected chi connectivity index (χ4v) is 3.39. The van der Waals surface area contributed by atoms with Gasteiger partial charge < -0.3 is 11.1 Å². The van der Waals surface area contributed by atoms with E-state index in [9.17, 15) is 14.4 Å². The Balaban J connectivity index is 1.92. The molecule has 148 valence electrons. The third-order valence-electron chi connectivity index (χ3n) is 4.84. The van der Waals surface area contributed by atoms with Crippen molar-refractivity contribution in [3.8, 4) is 17.2 Å². The van der Waals surface area contributed by atoms with Crippen LogP contribution in [0.25, 0.3) is 16.6 Å². The standard InChI is InChI=1S/C22H17FN6O/c1-13(28-21-18(10-24)20(25)26-12-27-21)17-9-16-8-7-15(23)11-29(16)22(30)19(17)14-5-3-2-4-6-14/h2-9,11-13H,1H3,(H3,25,26,27,28). The van der Waals surface area contributed by atoms with Gasteiger partial charge in [-0.1, -0.05) is 30.3 Å². The normalized spacial score (nSPS) is 11.8. The van der Waals surface area contributed by atoms with Crippen molar-refractivity contribution in [1.29, 1.82) is 5.26 Å². The molecule has 30 heavy (non-hydrogen) atoms. The quantitative estimate of drug-likeness (QED) is 0.542. The van der Waals surface area contributed by atoms with Gasteiger partial charge in [0.25, 0.3) is 5.56 Å². The molecule has 0 radical (unpaired) electrons. The van der Waals surface area contributed by atoms with Crippen molar-refractivity contribution in [1.82, 2.24) is 14.4 Å².